The normalized spacial score (nSPS) is 12.4. The van der Waals surface area contributed by atoms with Crippen LogP contribution in [-0.4, -0.2) is 27.1 Å². The van der Waals surface area contributed by atoms with Gasteiger partial charge in [0.2, 0.25) is 5.88 Å². The van der Waals surface area contributed by atoms with Crippen molar-refractivity contribution in [3.05, 3.63) is 34.2 Å². The molecule has 0 aliphatic heterocycles. The van der Waals surface area contributed by atoms with Gasteiger partial charge >= 0.3 is 0 Å². The zero-order valence-corrected chi connectivity index (χ0v) is 12.3. The summed E-state index contributed by atoms with van der Waals surface area (Å²) in [5.41, 5.74) is 5.26. The maximum absolute atomic E-state index is 6.23. The Labute approximate surface area is 122 Å². The molecule has 3 N–H and O–H groups in total. The summed E-state index contributed by atoms with van der Waals surface area (Å²) >= 11 is 6.23. The van der Waals surface area contributed by atoms with Gasteiger partial charge in [-0.2, -0.15) is 10.2 Å². The highest BCUT2D eigenvalue weighted by molar-refractivity contribution is 6.30. The Bertz CT molecular complexity index is 582. The first-order valence-corrected chi connectivity index (χ1v) is 6.46. The lowest BCUT2D eigenvalue weighted by molar-refractivity contribution is 0.389. The maximum Gasteiger partial charge on any atom is 0.233 e. The second-order valence-corrected chi connectivity index (χ2v) is 4.76. The third kappa shape index (κ3) is 2.90. The van der Waals surface area contributed by atoms with Crippen molar-refractivity contribution in [3.8, 4) is 5.88 Å². The van der Waals surface area contributed by atoms with E-state index in [2.05, 4.69) is 20.7 Å². The fourth-order valence-corrected chi connectivity index (χ4v) is 2.24. The van der Waals surface area contributed by atoms with Gasteiger partial charge in [0, 0.05) is 18.7 Å². The molecule has 0 radical (unpaired) electrons. The van der Waals surface area contributed by atoms with E-state index in [1.54, 1.807) is 24.9 Å². The number of aromatic nitrogens is 4. The molecule has 7 nitrogen and oxygen atoms in total. The van der Waals surface area contributed by atoms with Gasteiger partial charge in [0.05, 0.1) is 24.5 Å². The van der Waals surface area contributed by atoms with Crippen molar-refractivity contribution in [2.75, 3.05) is 7.11 Å². The minimum absolute atomic E-state index is 0.200. The van der Waals surface area contributed by atoms with Gasteiger partial charge in [-0.25, -0.2) is 0 Å². The van der Waals surface area contributed by atoms with Gasteiger partial charge in [-0.05, 0) is 19.4 Å². The number of nitrogens with one attached hydrogen (secondary N) is 1. The average Bonchev–Trinajstić information content (AvgIpc) is 2.70. The molecule has 0 amide bonds. The third-order valence-corrected chi connectivity index (χ3v) is 3.58. The predicted octanol–water partition coefficient (Wildman–Crippen LogP) is 0.928. The van der Waals surface area contributed by atoms with E-state index in [0.717, 1.165) is 11.3 Å². The van der Waals surface area contributed by atoms with Gasteiger partial charge < -0.3 is 4.74 Å². The molecule has 0 saturated heterocycles. The third-order valence-electron chi connectivity index (χ3n) is 3.11. The summed E-state index contributed by atoms with van der Waals surface area (Å²) in [6.45, 7) is 1.91. The van der Waals surface area contributed by atoms with Crippen LogP contribution >= 0.6 is 11.6 Å². The Morgan fingerprint density at radius 1 is 1.45 bits per heavy atom. The first-order chi connectivity index (χ1) is 9.56. The average molecular weight is 297 g/mol. The highest BCUT2D eigenvalue weighted by Crippen LogP contribution is 2.24. The molecular formula is C12H17ClN6O. The second kappa shape index (κ2) is 6.17. The van der Waals surface area contributed by atoms with Crippen molar-refractivity contribution >= 4 is 11.6 Å². The molecular weight excluding hydrogens is 280 g/mol. The second-order valence-electron chi connectivity index (χ2n) is 4.40. The van der Waals surface area contributed by atoms with Crippen LogP contribution in [0.2, 0.25) is 5.15 Å². The van der Waals surface area contributed by atoms with E-state index in [1.807, 2.05) is 13.0 Å². The Balaban J connectivity index is 2.23. The number of methoxy groups -OCH3 is 1. The summed E-state index contributed by atoms with van der Waals surface area (Å²) in [7, 11) is 3.35. The van der Waals surface area contributed by atoms with Crippen LogP contribution in [0.15, 0.2) is 12.1 Å². The number of hydrogen-bond donors (Lipinski definition) is 2. The number of nitrogens with two attached hydrogens (primary N) is 1. The quantitative estimate of drug-likeness (QED) is 0.630. The summed E-state index contributed by atoms with van der Waals surface area (Å²) in [4.78, 5) is 0. The topological polar surface area (TPSA) is 90.9 Å². The molecule has 0 aliphatic carbocycles. The van der Waals surface area contributed by atoms with E-state index in [9.17, 15) is 0 Å². The molecule has 0 aliphatic rings. The summed E-state index contributed by atoms with van der Waals surface area (Å²) in [6, 6.07) is 3.36. The highest BCUT2D eigenvalue weighted by Gasteiger charge is 2.19. The molecule has 0 fully saturated rings. The maximum atomic E-state index is 6.23. The van der Waals surface area contributed by atoms with E-state index >= 15 is 0 Å². The summed E-state index contributed by atoms with van der Waals surface area (Å²) in [5.74, 6) is 6.07. The van der Waals surface area contributed by atoms with E-state index in [1.165, 1.54) is 0 Å². The standard InChI is InChI=1S/C12H17ClN6O/c1-7-8(12(13)19(2)18-7)6-10(15-14)9-4-5-11(20-3)17-16-9/h4-5,10,15H,6,14H2,1-3H3. The molecule has 2 heterocycles. The molecule has 108 valence electrons. The van der Waals surface area contributed by atoms with Crippen molar-refractivity contribution in [2.45, 2.75) is 19.4 Å². The largest absolute Gasteiger partial charge is 0.480 e. The van der Waals surface area contributed by atoms with E-state index in [0.29, 0.717) is 23.1 Å². The predicted molar refractivity (Wildman–Crippen MR) is 75.3 cm³/mol. The van der Waals surface area contributed by atoms with Gasteiger partial charge in [0.25, 0.3) is 0 Å². The van der Waals surface area contributed by atoms with Crippen LogP contribution in [0.3, 0.4) is 0 Å². The Morgan fingerprint density at radius 3 is 2.65 bits per heavy atom. The number of halogens is 1. The molecule has 2 aromatic heterocycles. The molecule has 0 saturated carbocycles. The van der Waals surface area contributed by atoms with Crippen molar-refractivity contribution in [3.63, 3.8) is 0 Å². The van der Waals surface area contributed by atoms with Gasteiger partial charge in [0.15, 0.2) is 0 Å². The van der Waals surface area contributed by atoms with Gasteiger partial charge in [-0.1, -0.05) is 11.6 Å². The monoisotopic (exact) mass is 296 g/mol. The molecule has 0 bridgehead atoms. The minimum Gasteiger partial charge on any atom is -0.480 e. The molecule has 1 unspecified atom stereocenters. The minimum atomic E-state index is -0.200. The van der Waals surface area contributed by atoms with Gasteiger partial charge in [-0.15, -0.1) is 5.10 Å². The number of nitrogens with zero attached hydrogens (tertiary/aromatic N) is 4. The van der Waals surface area contributed by atoms with Crippen LogP contribution in [0.1, 0.15) is 23.0 Å². The summed E-state index contributed by atoms with van der Waals surface area (Å²) in [6.07, 6.45) is 0.579. The molecule has 8 heteroatoms. The first-order valence-electron chi connectivity index (χ1n) is 6.08. The zero-order chi connectivity index (χ0) is 14.7. The van der Waals surface area contributed by atoms with Crippen molar-refractivity contribution < 1.29 is 4.74 Å². The van der Waals surface area contributed by atoms with E-state index in [4.69, 9.17) is 22.2 Å². The van der Waals surface area contributed by atoms with Crippen LogP contribution < -0.4 is 16.0 Å². The Hall–Kier alpha value is -1.70. The molecule has 20 heavy (non-hydrogen) atoms. The fourth-order valence-electron chi connectivity index (χ4n) is 1.98. The van der Waals surface area contributed by atoms with Crippen LogP contribution in [0, 0.1) is 6.92 Å². The Kier molecular flexibility index (Phi) is 4.53. The number of hydrogen-bond acceptors (Lipinski definition) is 6. The number of rotatable bonds is 5. The molecule has 2 aromatic rings. The van der Waals surface area contributed by atoms with Crippen molar-refractivity contribution in [1.29, 1.82) is 0 Å². The molecule has 2 rings (SSSR count). The lowest BCUT2D eigenvalue weighted by Crippen LogP contribution is -2.30. The van der Waals surface area contributed by atoms with Crippen LogP contribution in [0.25, 0.3) is 0 Å². The summed E-state index contributed by atoms with van der Waals surface area (Å²) < 4.78 is 6.62. The number of hydrazine groups is 1. The first kappa shape index (κ1) is 14.7. The van der Waals surface area contributed by atoms with E-state index < -0.39 is 0 Å². The van der Waals surface area contributed by atoms with Gasteiger partial charge in [-0.3, -0.25) is 16.0 Å². The zero-order valence-electron chi connectivity index (χ0n) is 11.6. The van der Waals surface area contributed by atoms with Gasteiger partial charge in [0.1, 0.15) is 5.15 Å². The SMILES string of the molecule is COc1ccc(C(Cc2c(C)nn(C)c2Cl)NN)nn1. The summed E-state index contributed by atoms with van der Waals surface area (Å²) in [5, 5.41) is 12.9. The smallest absolute Gasteiger partial charge is 0.233 e. The molecule has 1 atom stereocenters. The lowest BCUT2D eigenvalue weighted by atomic mass is 10.0. The van der Waals surface area contributed by atoms with Crippen molar-refractivity contribution in [2.24, 2.45) is 12.9 Å². The lowest BCUT2D eigenvalue weighted by Gasteiger charge is -2.14. The number of aryl methyl sites for hydroxylation is 2. The van der Waals surface area contributed by atoms with Crippen LogP contribution in [0.5, 0.6) is 5.88 Å². The molecule has 0 aromatic carbocycles. The number of ether oxygens (including phenoxy) is 1. The Morgan fingerprint density at radius 2 is 2.20 bits per heavy atom. The molecule has 0 spiro atoms. The van der Waals surface area contributed by atoms with Crippen LogP contribution in [-0.2, 0) is 13.5 Å². The highest BCUT2D eigenvalue weighted by atomic mass is 35.5. The van der Waals surface area contributed by atoms with Crippen molar-refractivity contribution in [1.82, 2.24) is 25.4 Å². The van der Waals surface area contributed by atoms with E-state index in [-0.39, 0.29) is 6.04 Å². The fraction of sp³-hybridized carbons (Fsp3) is 0.417. The van der Waals surface area contributed by atoms with Crippen LogP contribution in [0.4, 0.5) is 0 Å².